The third-order valence-corrected chi connectivity index (χ3v) is 3.25. The predicted molar refractivity (Wildman–Crippen MR) is 70.1 cm³/mol. The van der Waals surface area contributed by atoms with Crippen molar-refractivity contribution in [2.45, 2.75) is 0 Å². The molecule has 0 unspecified atom stereocenters. The van der Waals surface area contributed by atoms with E-state index in [1.54, 1.807) is 0 Å². The van der Waals surface area contributed by atoms with Crippen LogP contribution in [-0.4, -0.2) is 21.8 Å². The molecule has 0 atom stereocenters. The number of carbonyl (C=O) groups excluding carboxylic acids is 2. The molecule has 0 amide bonds. The van der Waals surface area contributed by atoms with Crippen LogP contribution < -0.4 is 5.32 Å². The number of Topliss-reactive ketones (excluding diaryl/α,β-unsaturated/α-hetero) is 2. The van der Waals surface area contributed by atoms with Crippen molar-refractivity contribution in [3.05, 3.63) is 58.0 Å². The lowest BCUT2D eigenvalue weighted by Crippen LogP contribution is -2.23. The largest absolute Gasteiger partial charge is 0.351 e. The first-order valence-electron chi connectivity index (χ1n) is 5.73. The molecule has 21 heavy (non-hydrogen) atoms. The first-order chi connectivity index (χ1) is 9.97. The van der Waals surface area contributed by atoms with Crippen LogP contribution in [0.25, 0.3) is 0 Å². The molecule has 0 radical (unpaired) electrons. The number of H-pyrrole nitrogens is 1. The van der Waals surface area contributed by atoms with Crippen molar-refractivity contribution >= 4 is 28.9 Å². The maximum atomic E-state index is 13.1. The quantitative estimate of drug-likeness (QED) is 0.894. The Labute approximate surface area is 121 Å². The molecule has 2 N–H and O–H groups in total. The molecule has 1 aromatic heterocycles. The fraction of sp³-hybridized carbons (Fsp3) is 0. The van der Waals surface area contributed by atoms with Crippen LogP contribution in [0.1, 0.15) is 20.8 Å². The number of aromatic nitrogens is 2. The van der Waals surface area contributed by atoms with Gasteiger partial charge in [0, 0.05) is 11.8 Å². The second kappa shape index (κ2) is 4.78. The number of allylic oxidation sites excluding steroid dienone is 2. The number of halogens is 3. The maximum absolute atomic E-state index is 13.1. The Bertz CT molecular complexity index is 793. The molecule has 1 aliphatic rings. The number of rotatable bonds is 2. The van der Waals surface area contributed by atoms with Crippen LogP contribution in [0, 0.1) is 11.6 Å². The van der Waals surface area contributed by atoms with Crippen molar-refractivity contribution in [1.29, 1.82) is 0 Å². The fourth-order valence-corrected chi connectivity index (χ4v) is 2.20. The summed E-state index contributed by atoms with van der Waals surface area (Å²) >= 11 is 5.85. The number of benzene rings is 1. The van der Waals surface area contributed by atoms with Gasteiger partial charge in [-0.25, -0.2) is 8.78 Å². The SMILES string of the molecule is O=C1C(Nc2cc(F)cc(F)c2)=C(Cl)C(=O)c2[nH]ncc21. The molecule has 0 saturated heterocycles. The highest BCUT2D eigenvalue weighted by Crippen LogP contribution is 2.28. The number of hydrogen-bond acceptors (Lipinski definition) is 4. The molecular weight excluding hydrogens is 304 g/mol. The van der Waals surface area contributed by atoms with E-state index in [0.717, 1.165) is 12.1 Å². The van der Waals surface area contributed by atoms with Gasteiger partial charge in [-0.2, -0.15) is 5.10 Å². The molecule has 106 valence electrons. The summed E-state index contributed by atoms with van der Waals surface area (Å²) < 4.78 is 26.3. The normalized spacial score (nSPS) is 14.4. The molecular formula is C13H6ClF2N3O2. The van der Waals surface area contributed by atoms with E-state index in [9.17, 15) is 18.4 Å². The molecule has 0 bridgehead atoms. The van der Waals surface area contributed by atoms with E-state index in [1.165, 1.54) is 6.20 Å². The molecule has 0 spiro atoms. The van der Waals surface area contributed by atoms with Gasteiger partial charge in [-0.15, -0.1) is 0 Å². The van der Waals surface area contributed by atoms with Crippen LogP contribution in [0.15, 0.2) is 35.1 Å². The van der Waals surface area contributed by atoms with Crippen LogP contribution in [0.5, 0.6) is 0 Å². The molecule has 0 aliphatic heterocycles. The Morgan fingerprint density at radius 2 is 1.76 bits per heavy atom. The number of fused-ring (bicyclic) bond motifs is 1. The third kappa shape index (κ3) is 2.21. The van der Waals surface area contributed by atoms with Crippen LogP contribution in [0.3, 0.4) is 0 Å². The van der Waals surface area contributed by atoms with Crippen molar-refractivity contribution in [1.82, 2.24) is 10.2 Å². The van der Waals surface area contributed by atoms with Crippen LogP contribution in [0.2, 0.25) is 0 Å². The zero-order valence-electron chi connectivity index (χ0n) is 10.2. The summed E-state index contributed by atoms with van der Waals surface area (Å²) in [5, 5.41) is 8.10. The smallest absolute Gasteiger partial charge is 0.225 e. The minimum Gasteiger partial charge on any atom is -0.351 e. The van der Waals surface area contributed by atoms with E-state index < -0.39 is 23.2 Å². The number of aromatic amines is 1. The molecule has 0 saturated carbocycles. The summed E-state index contributed by atoms with van der Waals surface area (Å²) in [6.07, 6.45) is 1.19. The Morgan fingerprint density at radius 1 is 1.10 bits per heavy atom. The van der Waals surface area contributed by atoms with Crippen molar-refractivity contribution in [2.75, 3.05) is 5.32 Å². The fourth-order valence-electron chi connectivity index (χ4n) is 1.97. The van der Waals surface area contributed by atoms with E-state index in [4.69, 9.17) is 11.6 Å². The van der Waals surface area contributed by atoms with Gasteiger partial charge in [0.2, 0.25) is 11.6 Å². The standard InChI is InChI=1S/C13H6ClF2N3O2/c14-9-11(18-7-2-5(15)1-6(16)3-7)12(20)8-4-17-19-10(8)13(9)21/h1-4,18H,(H,17,19). The van der Waals surface area contributed by atoms with E-state index in [2.05, 4.69) is 15.5 Å². The lowest BCUT2D eigenvalue weighted by Gasteiger charge is -2.16. The molecule has 8 heteroatoms. The number of anilines is 1. The van der Waals surface area contributed by atoms with Crippen molar-refractivity contribution in [3.63, 3.8) is 0 Å². The maximum Gasteiger partial charge on any atom is 0.225 e. The average molecular weight is 310 g/mol. The Morgan fingerprint density at radius 3 is 2.43 bits per heavy atom. The molecule has 5 nitrogen and oxygen atoms in total. The second-order valence-corrected chi connectivity index (χ2v) is 4.67. The van der Waals surface area contributed by atoms with Gasteiger partial charge in [0.15, 0.2) is 0 Å². The highest BCUT2D eigenvalue weighted by Gasteiger charge is 2.33. The van der Waals surface area contributed by atoms with Gasteiger partial charge in [0.25, 0.3) is 0 Å². The third-order valence-electron chi connectivity index (χ3n) is 2.89. The van der Waals surface area contributed by atoms with Crippen LogP contribution in [0.4, 0.5) is 14.5 Å². The number of ketones is 2. The molecule has 0 fully saturated rings. The Hall–Kier alpha value is -2.54. The first kappa shape index (κ1) is 13.4. The Balaban J connectivity index is 2.03. The van der Waals surface area contributed by atoms with Crippen LogP contribution in [-0.2, 0) is 0 Å². The van der Waals surface area contributed by atoms with E-state index >= 15 is 0 Å². The average Bonchev–Trinajstić information content (AvgIpc) is 2.90. The first-order valence-corrected chi connectivity index (χ1v) is 6.11. The number of nitrogens with zero attached hydrogens (tertiary/aromatic N) is 1. The van der Waals surface area contributed by atoms with E-state index in [-0.39, 0.29) is 27.7 Å². The second-order valence-electron chi connectivity index (χ2n) is 4.29. The summed E-state index contributed by atoms with van der Waals surface area (Å²) in [5.74, 6) is -2.86. The molecule has 3 rings (SSSR count). The topological polar surface area (TPSA) is 74.8 Å². The zero-order chi connectivity index (χ0) is 15.1. The minimum absolute atomic E-state index is 0.0130. The highest BCUT2D eigenvalue weighted by atomic mass is 35.5. The van der Waals surface area contributed by atoms with E-state index in [0.29, 0.717) is 6.07 Å². The van der Waals surface area contributed by atoms with Gasteiger partial charge < -0.3 is 5.32 Å². The van der Waals surface area contributed by atoms with E-state index in [1.807, 2.05) is 0 Å². The molecule has 1 heterocycles. The monoisotopic (exact) mass is 309 g/mol. The van der Waals surface area contributed by atoms with Gasteiger partial charge in [-0.3, -0.25) is 14.7 Å². The van der Waals surface area contributed by atoms with Gasteiger partial charge in [-0.1, -0.05) is 11.6 Å². The summed E-state index contributed by atoms with van der Waals surface area (Å²) in [5.41, 5.74) is -0.251. The number of hydrogen-bond donors (Lipinski definition) is 2. The van der Waals surface area contributed by atoms with Gasteiger partial charge in [0.1, 0.15) is 28.1 Å². The lowest BCUT2D eigenvalue weighted by molar-refractivity contribution is 0.0979. The number of carbonyl (C=O) groups is 2. The summed E-state index contributed by atoms with van der Waals surface area (Å²) in [6.45, 7) is 0. The van der Waals surface area contributed by atoms with Crippen molar-refractivity contribution in [3.8, 4) is 0 Å². The van der Waals surface area contributed by atoms with Crippen LogP contribution >= 0.6 is 11.6 Å². The molecule has 1 aromatic carbocycles. The van der Waals surface area contributed by atoms with Gasteiger partial charge in [-0.05, 0) is 12.1 Å². The highest BCUT2D eigenvalue weighted by molar-refractivity contribution is 6.50. The minimum atomic E-state index is -0.826. The molecule has 2 aromatic rings. The summed E-state index contributed by atoms with van der Waals surface area (Å²) in [7, 11) is 0. The predicted octanol–water partition coefficient (Wildman–Crippen LogP) is 2.63. The van der Waals surface area contributed by atoms with Crippen molar-refractivity contribution < 1.29 is 18.4 Å². The summed E-state index contributed by atoms with van der Waals surface area (Å²) in [4.78, 5) is 24.2. The van der Waals surface area contributed by atoms with Crippen molar-refractivity contribution in [2.24, 2.45) is 0 Å². The molecule has 1 aliphatic carbocycles. The zero-order valence-corrected chi connectivity index (χ0v) is 11.0. The van der Waals surface area contributed by atoms with Gasteiger partial charge >= 0.3 is 0 Å². The Kier molecular flexibility index (Phi) is 3.06. The van der Waals surface area contributed by atoms with Gasteiger partial charge in [0.05, 0.1) is 11.8 Å². The number of nitrogens with one attached hydrogen (secondary N) is 2. The lowest BCUT2D eigenvalue weighted by atomic mass is 9.99. The summed E-state index contributed by atoms with van der Waals surface area (Å²) in [6, 6.07) is 2.63.